The molecule has 0 radical (unpaired) electrons. The molecule has 15 heavy (non-hydrogen) atoms. The minimum Gasteiger partial charge on any atom is -0.329 e. The van der Waals surface area contributed by atoms with Crippen LogP contribution < -0.4 is 11.1 Å². The fourth-order valence-electron chi connectivity index (χ4n) is 4.95. The lowest BCUT2D eigenvalue weighted by Crippen LogP contribution is -2.39. The van der Waals surface area contributed by atoms with Gasteiger partial charge in [0.25, 0.3) is 0 Å². The molecular formula is C13H24N2. The first kappa shape index (κ1) is 10.1. The van der Waals surface area contributed by atoms with Crippen LogP contribution >= 0.6 is 0 Å². The van der Waals surface area contributed by atoms with Crippen LogP contribution in [0.3, 0.4) is 0 Å². The van der Waals surface area contributed by atoms with Crippen LogP contribution in [0.25, 0.3) is 0 Å². The SMILES string of the molecule is NCCNCC12CCC(C1)C1CCCC12. The quantitative estimate of drug-likeness (QED) is 0.691. The predicted octanol–water partition coefficient (Wildman–Crippen LogP) is 1.75. The Hall–Kier alpha value is -0.0800. The van der Waals surface area contributed by atoms with Crippen LogP contribution in [0.1, 0.15) is 38.5 Å². The van der Waals surface area contributed by atoms with Crippen LogP contribution in [0.4, 0.5) is 0 Å². The molecule has 0 amide bonds. The average Bonchev–Trinajstić information content (AvgIpc) is 2.89. The van der Waals surface area contributed by atoms with E-state index in [1.807, 2.05) is 0 Å². The molecule has 0 spiro atoms. The number of rotatable bonds is 4. The first-order valence-corrected chi connectivity index (χ1v) is 6.76. The average molecular weight is 208 g/mol. The third-order valence-electron chi connectivity index (χ3n) is 5.44. The van der Waals surface area contributed by atoms with Crippen molar-refractivity contribution in [3.63, 3.8) is 0 Å². The first-order chi connectivity index (χ1) is 7.36. The van der Waals surface area contributed by atoms with Crippen LogP contribution in [0.15, 0.2) is 0 Å². The number of nitrogens with one attached hydrogen (secondary N) is 1. The van der Waals surface area contributed by atoms with Crippen LogP contribution in [0.2, 0.25) is 0 Å². The molecule has 3 saturated carbocycles. The van der Waals surface area contributed by atoms with Crippen molar-refractivity contribution in [2.45, 2.75) is 38.5 Å². The zero-order valence-electron chi connectivity index (χ0n) is 9.67. The van der Waals surface area contributed by atoms with E-state index < -0.39 is 0 Å². The molecule has 3 rings (SSSR count). The second-order valence-corrected chi connectivity index (χ2v) is 6.03. The number of nitrogens with two attached hydrogens (primary N) is 1. The summed E-state index contributed by atoms with van der Waals surface area (Å²) in [7, 11) is 0. The van der Waals surface area contributed by atoms with Gasteiger partial charge in [0.2, 0.25) is 0 Å². The second-order valence-electron chi connectivity index (χ2n) is 6.03. The van der Waals surface area contributed by atoms with E-state index in [1.165, 1.54) is 45.1 Å². The van der Waals surface area contributed by atoms with Crippen molar-refractivity contribution in [1.29, 1.82) is 0 Å². The van der Waals surface area contributed by atoms with Crippen LogP contribution in [-0.4, -0.2) is 19.6 Å². The van der Waals surface area contributed by atoms with Gasteiger partial charge in [0, 0.05) is 19.6 Å². The zero-order valence-corrected chi connectivity index (χ0v) is 9.67. The maximum atomic E-state index is 5.55. The fraction of sp³-hybridized carbons (Fsp3) is 1.00. The maximum Gasteiger partial charge on any atom is 0.00747 e. The number of hydrogen-bond acceptors (Lipinski definition) is 2. The molecule has 86 valence electrons. The summed E-state index contributed by atoms with van der Waals surface area (Å²) in [4.78, 5) is 0. The van der Waals surface area contributed by atoms with E-state index in [9.17, 15) is 0 Å². The van der Waals surface area contributed by atoms with Crippen molar-refractivity contribution in [2.75, 3.05) is 19.6 Å². The van der Waals surface area contributed by atoms with Gasteiger partial charge in [0.05, 0.1) is 0 Å². The van der Waals surface area contributed by atoms with Crippen molar-refractivity contribution in [2.24, 2.45) is 28.9 Å². The maximum absolute atomic E-state index is 5.55. The largest absolute Gasteiger partial charge is 0.329 e. The van der Waals surface area contributed by atoms with Crippen molar-refractivity contribution in [1.82, 2.24) is 5.32 Å². The van der Waals surface area contributed by atoms with Gasteiger partial charge in [-0.1, -0.05) is 6.42 Å². The van der Waals surface area contributed by atoms with Gasteiger partial charge in [-0.3, -0.25) is 0 Å². The van der Waals surface area contributed by atoms with Gasteiger partial charge in [-0.2, -0.15) is 0 Å². The summed E-state index contributed by atoms with van der Waals surface area (Å²) in [6.45, 7) is 3.04. The lowest BCUT2D eigenvalue weighted by Gasteiger charge is -2.36. The normalized spacial score (nSPS) is 47.4. The summed E-state index contributed by atoms with van der Waals surface area (Å²) in [5.74, 6) is 3.28. The summed E-state index contributed by atoms with van der Waals surface area (Å²) >= 11 is 0. The Bertz CT molecular complexity index is 241. The smallest absolute Gasteiger partial charge is 0.00747 e. The Kier molecular flexibility index (Phi) is 2.52. The molecule has 4 unspecified atom stereocenters. The van der Waals surface area contributed by atoms with E-state index in [-0.39, 0.29) is 0 Å². The van der Waals surface area contributed by atoms with E-state index in [2.05, 4.69) is 5.32 Å². The topological polar surface area (TPSA) is 38.0 Å². The highest BCUT2D eigenvalue weighted by molar-refractivity contribution is 5.08. The molecule has 2 bridgehead atoms. The van der Waals surface area contributed by atoms with Gasteiger partial charge >= 0.3 is 0 Å². The second kappa shape index (κ2) is 3.74. The molecule has 3 fully saturated rings. The molecule has 3 aliphatic rings. The highest BCUT2D eigenvalue weighted by Crippen LogP contribution is 2.65. The summed E-state index contributed by atoms with van der Waals surface area (Å²) in [6, 6.07) is 0. The van der Waals surface area contributed by atoms with Gasteiger partial charge in [-0.15, -0.1) is 0 Å². The van der Waals surface area contributed by atoms with Gasteiger partial charge in [-0.05, 0) is 55.3 Å². The molecule has 3 N–H and O–H groups in total. The molecule has 3 aliphatic carbocycles. The van der Waals surface area contributed by atoms with E-state index in [0.29, 0.717) is 5.41 Å². The lowest BCUT2D eigenvalue weighted by molar-refractivity contribution is 0.149. The van der Waals surface area contributed by atoms with Crippen molar-refractivity contribution in [3.05, 3.63) is 0 Å². The molecule has 0 saturated heterocycles. The van der Waals surface area contributed by atoms with Crippen molar-refractivity contribution >= 4 is 0 Å². The monoisotopic (exact) mass is 208 g/mol. The predicted molar refractivity (Wildman–Crippen MR) is 62.5 cm³/mol. The summed E-state index contributed by atoms with van der Waals surface area (Å²) in [5.41, 5.74) is 6.25. The molecule has 2 nitrogen and oxygen atoms in total. The van der Waals surface area contributed by atoms with Gasteiger partial charge in [0.15, 0.2) is 0 Å². The molecule has 4 atom stereocenters. The van der Waals surface area contributed by atoms with Crippen molar-refractivity contribution < 1.29 is 0 Å². The van der Waals surface area contributed by atoms with Crippen molar-refractivity contribution in [3.8, 4) is 0 Å². The van der Waals surface area contributed by atoms with E-state index >= 15 is 0 Å². The molecule has 2 heteroatoms. The molecule has 0 aromatic heterocycles. The molecule has 0 aromatic carbocycles. The van der Waals surface area contributed by atoms with Gasteiger partial charge in [-0.25, -0.2) is 0 Å². The minimum atomic E-state index is 0.695. The van der Waals surface area contributed by atoms with Crippen LogP contribution in [-0.2, 0) is 0 Å². The van der Waals surface area contributed by atoms with Gasteiger partial charge in [0.1, 0.15) is 0 Å². The molecule has 0 aromatic rings. The Labute approximate surface area is 93.0 Å². The molecule has 0 aliphatic heterocycles. The Morgan fingerprint density at radius 2 is 2.20 bits per heavy atom. The van der Waals surface area contributed by atoms with E-state index in [4.69, 9.17) is 5.73 Å². The standard InChI is InChI=1S/C13H24N2/c14-6-7-15-9-13-5-4-10(8-13)11-2-1-3-12(11)13/h10-12,15H,1-9,14H2. The van der Waals surface area contributed by atoms with E-state index in [1.54, 1.807) is 0 Å². The van der Waals surface area contributed by atoms with Crippen LogP contribution in [0, 0.1) is 23.2 Å². The highest BCUT2D eigenvalue weighted by Gasteiger charge is 2.57. The van der Waals surface area contributed by atoms with Crippen LogP contribution in [0.5, 0.6) is 0 Å². The third-order valence-corrected chi connectivity index (χ3v) is 5.44. The Balaban J connectivity index is 1.68. The minimum absolute atomic E-state index is 0.695. The number of hydrogen-bond donors (Lipinski definition) is 2. The zero-order chi connectivity index (χ0) is 10.3. The molecule has 0 heterocycles. The lowest BCUT2D eigenvalue weighted by atomic mass is 9.71. The number of fused-ring (bicyclic) bond motifs is 5. The Morgan fingerprint density at radius 1 is 1.27 bits per heavy atom. The summed E-state index contributed by atoms with van der Waals surface area (Å²) < 4.78 is 0. The first-order valence-electron chi connectivity index (χ1n) is 6.76. The molecular weight excluding hydrogens is 184 g/mol. The fourth-order valence-corrected chi connectivity index (χ4v) is 4.95. The summed E-state index contributed by atoms with van der Waals surface area (Å²) in [6.07, 6.45) is 9.10. The van der Waals surface area contributed by atoms with Gasteiger partial charge < -0.3 is 11.1 Å². The summed E-state index contributed by atoms with van der Waals surface area (Å²) in [5, 5.41) is 3.58. The van der Waals surface area contributed by atoms with E-state index in [0.717, 1.165) is 30.8 Å². The third kappa shape index (κ3) is 1.45. The Morgan fingerprint density at radius 3 is 3.07 bits per heavy atom. The highest BCUT2D eigenvalue weighted by atomic mass is 14.9.